The Hall–Kier alpha value is -7.78. The summed E-state index contributed by atoms with van der Waals surface area (Å²) >= 11 is 1.88. The fourth-order valence-corrected chi connectivity index (χ4v) is 10.5. The smallest absolute Gasteiger partial charge is 0.143 e. The lowest BCUT2D eigenvalue weighted by Gasteiger charge is -2.11. The van der Waals surface area contributed by atoms with Crippen molar-refractivity contribution in [2.45, 2.75) is 0 Å². The molecule has 0 unspecified atom stereocenters. The highest BCUT2D eigenvalue weighted by Crippen LogP contribution is 2.44. The highest BCUT2D eigenvalue weighted by atomic mass is 32.1. The van der Waals surface area contributed by atoms with Crippen molar-refractivity contribution in [2.75, 3.05) is 0 Å². The first-order valence-electron chi connectivity index (χ1n) is 21.1. The Morgan fingerprint density at radius 3 is 1.31 bits per heavy atom. The van der Waals surface area contributed by atoms with Crippen molar-refractivity contribution >= 4 is 53.4 Å². The van der Waals surface area contributed by atoms with Crippen molar-refractivity contribution in [3.05, 3.63) is 231 Å². The van der Waals surface area contributed by atoms with Gasteiger partial charge >= 0.3 is 0 Å². The van der Waals surface area contributed by atoms with Crippen molar-refractivity contribution in [1.82, 2.24) is 0 Å². The van der Waals surface area contributed by atoms with Crippen LogP contribution in [0.4, 0.5) is 0 Å². The first-order valence-corrected chi connectivity index (χ1v) is 22.0. The van der Waals surface area contributed by atoms with Crippen LogP contribution in [-0.2, 0) is 0 Å². The summed E-state index contributed by atoms with van der Waals surface area (Å²) in [6.45, 7) is 0. The first-order chi connectivity index (χ1) is 30.7. The molecule has 2 aromatic heterocycles. The molecule has 1 nitrogen and oxygen atoms in total. The molecule has 0 spiro atoms. The van der Waals surface area contributed by atoms with Gasteiger partial charge in [0.1, 0.15) is 11.2 Å². The van der Waals surface area contributed by atoms with Crippen molar-refractivity contribution in [2.24, 2.45) is 0 Å². The highest BCUT2D eigenvalue weighted by molar-refractivity contribution is 7.26. The largest absolute Gasteiger partial charge is 0.455 e. The third kappa shape index (κ3) is 6.32. The van der Waals surface area contributed by atoms with Crippen LogP contribution >= 0.6 is 11.3 Å². The van der Waals surface area contributed by atoms with Crippen LogP contribution in [0.5, 0.6) is 0 Å². The molecule has 0 N–H and O–H groups in total. The van der Waals surface area contributed by atoms with Gasteiger partial charge in [-0.3, -0.25) is 0 Å². The van der Waals surface area contributed by atoms with Crippen molar-refractivity contribution in [3.63, 3.8) is 0 Å². The second kappa shape index (κ2) is 15.0. The fraction of sp³-hybridized carbons (Fsp3) is 0. The summed E-state index contributed by atoms with van der Waals surface area (Å²) in [6.07, 6.45) is 0. The van der Waals surface area contributed by atoms with E-state index in [2.05, 4.69) is 231 Å². The predicted octanol–water partition coefficient (Wildman–Crippen LogP) is 17.6. The van der Waals surface area contributed by atoms with Crippen LogP contribution < -0.4 is 0 Å². The third-order valence-corrected chi connectivity index (χ3v) is 13.5. The molecule has 0 saturated heterocycles. The molecule has 12 rings (SSSR count). The number of para-hydroxylation sites is 1. The molecule has 2 heterocycles. The molecular formula is C60H38OS. The van der Waals surface area contributed by atoms with Gasteiger partial charge in [-0.1, -0.05) is 188 Å². The van der Waals surface area contributed by atoms with Gasteiger partial charge < -0.3 is 4.42 Å². The van der Waals surface area contributed by atoms with Crippen molar-refractivity contribution < 1.29 is 4.42 Å². The molecule has 62 heavy (non-hydrogen) atoms. The molecule has 12 aromatic rings. The van der Waals surface area contributed by atoms with E-state index in [1.165, 1.54) is 70.2 Å². The van der Waals surface area contributed by atoms with Gasteiger partial charge in [0, 0.05) is 42.1 Å². The van der Waals surface area contributed by atoms with Crippen LogP contribution in [0, 0.1) is 0 Å². The molecule has 0 atom stereocenters. The topological polar surface area (TPSA) is 13.1 Å². The molecule has 10 aromatic carbocycles. The second-order valence-electron chi connectivity index (χ2n) is 16.0. The van der Waals surface area contributed by atoms with E-state index in [4.69, 9.17) is 4.42 Å². The van der Waals surface area contributed by atoms with Crippen LogP contribution in [0.25, 0.3) is 120 Å². The predicted molar refractivity (Wildman–Crippen MR) is 265 cm³/mol. The van der Waals surface area contributed by atoms with Crippen molar-refractivity contribution in [3.8, 4) is 77.9 Å². The van der Waals surface area contributed by atoms with Crippen LogP contribution in [0.15, 0.2) is 235 Å². The van der Waals surface area contributed by atoms with Crippen LogP contribution in [0.3, 0.4) is 0 Å². The van der Waals surface area contributed by atoms with Crippen LogP contribution in [0.1, 0.15) is 0 Å². The summed E-state index contributed by atoms with van der Waals surface area (Å²) in [6, 6.07) is 83.4. The number of fused-ring (bicyclic) bond motifs is 6. The molecule has 0 amide bonds. The molecular weight excluding hydrogens is 769 g/mol. The summed E-state index contributed by atoms with van der Waals surface area (Å²) in [5.74, 6) is 0. The average Bonchev–Trinajstić information content (AvgIpc) is 3.93. The van der Waals surface area contributed by atoms with Gasteiger partial charge in [-0.2, -0.15) is 0 Å². The van der Waals surface area contributed by atoms with Crippen molar-refractivity contribution in [1.29, 1.82) is 0 Å². The number of hydrogen-bond donors (Lipinski definition) is 0. The molecule has 0 radical (unpaired) electrons. The molecule has 0 saturated carbocycles. The maximum atomic E-state index is 6.95. The van der Waals surface area contributed by atoms with Gasteiger partial charge in [-0.25, -0.2) is 0 Å². The van der Waals surface area contributed by atoms with E-state index in [9.17, 15) is 0 Å². The Labute approximate surface area is 364 Å². The van der Waals surface area contributed by atoms with E-state index in [0.29, 0.717) is 0 Å². The number of furan rings is 1. The zero-order chi connectivity index (χ0) is 41.0. The molecule has 0 aliphatic carbocycles. The van der Waals surface area contributed by atoms with Gasteiger partial charge in [0.25, 0.3) is 0 Å². The Balaban J connectivity index is 0.898. The second-order valence-corrected chi connectivity index (χ2v) is 17.1. The van der Waals surface area contributed by atoms with Gasteiger partial charge in [0.2, 0.25) is 0 Å². The summed E-state index contributed by atoms with van der Waals surface area (Å²) in [5.41, 5.74) is 18.2. The van der Waals surface area contributed by atoms with E-state index in [1.54, 1.807) is 0 Å². The minimum atomic E-state index is 0.900. The zero-order valence-electron chi connectivity index (χ0n) is 33.8. The monoisotopic (exact) mass is 806 g/mol. The minimum Gasteiger partial charge on any atom is -0.455 e. The van der Waals surface area contributed by atoms with Crippen LogP contribution in [-0.4, -0.2) is 0 Å². The maximum absolute atomic E-state index is 6.95. The normalized spacial score (nSPS) is 11.5. The van der Waals surface area contributed by atoms with Gasteiger partial charge in [-0.15, -0.1) is 11.3 Å². The standard InChI is InChI=1S/C60H38OS/c1-3-15-39(16-4-1)49-37-55(40-17-5-2-6-18-40)59-56(38-49)53-30-13-28-50(58(53)61-59)47-25-11-23-45(35-47)43-21-9-19-41(33-43)42-20-10-22-44(34-42)46-24-12-26-48(36-46)51-29-14-31-54-52-27-7-8-32-57(52)62-60(51)54/h1-38H. The van der Waals surface area contributed by atoms with E-state index in [1.807, 2.05) is 11.3 Å². The quantitative estimate of drug-likeness (QED) is 0.156. The Morgan fingerprint density at radius 2 is 0.677 bits per heavy atom. The SMILES string of the molecule is c1ccc(-c2cc(-c3ccccc3)c3oc4c(-c5cccc(-c6cccc(-c7cccc(-c8cccc(-c9cccc%10c9sc9ccccc9%10)c8)c7)c6)c5)cccc4c3c2)cc1. The van der Waals surface area contributed by atoms with Gasteiger partial charge in [0.05, 0.1) is 0 Å². The van der Waals surface area contributed by atoms with E-state index >= 15 is 0 Å². The Morgan fingerprint density at radius 1 is 0.242 bits per heavy atom. The maximum Gasteiger partial charge on any atom is 0.143 e. The summed E-state index contributed by atoms with van der Waals surface area (Å²) in [7, 11) is 0. The van der Waals surface area contributed by atoms with Gasteiger partial charge in [0.15, 0.2) is 0 Å². The summed E-state index contributed by atoms with van der Waals surface area (Å²) in [4.78, 5) is 0. The number of rotatable bonds is 7. The third-order valence-electron chi connectivity index (χ3n) is 12.3. The lowest BCUT2D eigenvalue weighted by Crippen LogP contribution is -1.86. The highest BCUT2D eigenvalue weighted by Gasteiger charge is 2.18. The Kier molecular flexibility index (Phi) is 8.76. The molecule has 0 aliphatic heterocycles. The molecule has 0 fully saturated rings. The lowest BCUT2D eigenvalue weighted by molar-refractivity contribution is 0.671. The van der Waals surface area contributed by atoms with Gasteiger partial charge in [-0.05, 0) is 109 Å². The molecule has 2 heteroatoms. The minimum absolute atomic E-state index is 0.900. The van der Waals surface area contributed by atoms with E-state index < -0.39 is 0 Å². The average molecular weight is 807 g/mol. The Bertz CT molecular complexity index is 3630. The first kappa shape index (κ1) is 36.1. The number of hydrogen-bond acceptors (Lipinski definition) is 2. The van der Waals surface area contributed by atoms with Crippen LogP contribution in [0.2, 0.25) is 0 Å². The fourth-order valence-electron chi connectivity index (χ4n) is 9.22. The molecule has 290 valence electrons. The summed E-state index contributed by atoms with van der Waals surface area (Å²) < 4.78 is 9.61. The molecule has 0 aliphatic rings. The number of thiophene rings is 1. The zero-order valence-corrected chi connectivity index (χ0v) is 34.6. The van der Waals surface area contributed by atoms with E-state index in [0.717, 1.165) is 49.8 Å². The molecule has 0 bridgehead atoms. The summed E-state index contributed by atoms with van der Waals surface area (Å²) in [5, 5.41) is 4.88. The van der Waals surface area contributed by atoms with E-state index in [-0.39, 0.29) is 0 Å². The lowest BCUT2D eigenvalue weighted by atomic mass is 9.93. The number of benzene rings is 10.